The Morgan fingerprint density at radius 2 is 1.45 bits per heavy atom. The summed E-state index contributed by atoms with van der Waals surface area (Å²) in [5, 5.41) is -0.0717. The van der Waals surface area contributed by atoms with Crippen molar-refractivity contribution in [1.29, 1.82) is 0 Å². The summed E-state index contributed by atoms with van der Waals surface area (Å²) in [5.74, 6) is -1.35. The Balaban J connectivity index is 5.58. The monoisotopic (exact) mass is 332 g/mol. The molecule has 0 heterocycles. The molecule has 0 aliphatic carbocycles. The summed E-state index contributed by atoms with van der Waals surface area (Å²) in [5.41, 5.74) is 0. The van der Waals surface area contributed by atoms with Crippen LogP contribution < -0.4 is 0 Å². The molecule has 6 heteroatoms. The van der Waals surface area contributed by atoms with Gasteiger partial charge in [0.25, 0.3) is 0 Å². The number of rotatable bonds is 7. The van der Waals surface area contributed by atoms with Crippen molar-refractivity contribution in [2.24, 2.45) is 11.8 Å². The van der Waals surface area contributed by atoms with Gasteiger partial charge in [-0.3, -0.25) is 4.79 Å². The molecule has 0 fully saturated rings. The molecule has 0 amide bonds. The average molecular weight is 333 g/mol. The molecule has 0 aromatic heterocycles. The molecule has 0 saturated heterocycles. The van der Waals surface area contributed by atoms with Gasteiger partial charge in [0.05, 0.1) is 20.1 Å². The highest BCUT2D eigenvalue weighted by Crippen LogP contribution is 2.39. The molecular weight excluding hydrogens is 300 g/mol. The molecule has 0 N–H and O–H groups in total. The second kappa shape index (κ2) is 8.11. The maximum absolute atomic E-state index is 12.2. The van der Waals surface area contributed by atoms with E-state index in [2.05, 4.69) is 20.8 Å². The molecule has 130 valence electrons. The molecule has 0 saturated carbocycles. The van der Waals surface area contributed by atoms with Gasteiger partial charge in [-0.15, -0.1) is 0 Å². The van der Waals surface area contributed by atoms with E-state index in [9.17, 15) is 9.59 Å². The van der Waals surface area contributed by atoms with E-state index in [-0.39, 0.29) is 11.0 Å². The van der Waals surface area contributed by atoms with E-state index >= 15 is 0 Å². The van der Waals surface area contributed by atoms with Gasteiger partial charge in [0.2, 0.25) is 0 Å². The molecule has 2 atom stereocenters. The molecular formula is C16H32O5Si. The van der Waals surface area contributed by atoms with Gasteiger partial charge in [-0.1, -0.05) is 34.6 Å². The summed E-state index contributed by atoms with van der Waals surface area (Å²) in [6.45, 7) is 14.3. The molecule has 0 aromatic rings. The maximum atomic E-state index is 12.2. The van der Waals surface area contributed by atoms with E-state index in [1.54, 1.807) is 0 Å². The Bertz CT molecular complexity index is 384. The van der Waals surface area contributed by atoms with Crippen LogP contribution in [0.3, 0.4) is 0 Å². The number of methoxy groups -OCH3 is 2. The van der Waals surface area contributed by atoms with Crippen molar-refractivity contribution in [1.82, 2.24) is 0 Å². The van der Waals surface area contributed by atoms with Gasteiger partial charge < -0.3 is 13.9 Å². The van der Waals surface area contributed by atoms with E-state index in [1.807, 2.05) is 26.9 Å². The fourth-order valence-electron chi connectivity index (χ4n) is 1.91. The third-order valence-electron chi connectivity index (χ3n) is 4.26. The van der Waals surface area contributed by atoms with Gasteiger partial charge in [-0.2, -0.15) is 0 Å². The highest BCUT2D eigenvalue weighted by atomic mass is 28.4. The SMILES string of the molecule is COC(=O)[C@H](CC(C)C)[C@@H](O[Si](C)(C)C(C)(C)C)C(=O)OC. The fraction of sp³-hybridized carbons (Fsp3) is 0.875. The maximum Gasteiger partial charge on any atom is 0.334 e. The molecule has 0 aliphatic rings. The first-order valence-corrected chi connectivity index (χ1v) is 10.6. The van der Waals surface area contributed by atoms with Crippen LogP contribution in [0, 0.1) is 11.8 Å². The molecule has 0 aromatic carbocycles. The van der Waals surface area contributed by atoms with Gasteiger partial charge in [-0.05, 0) is 30.5 Å². The Morgan fingerprint density at radius 3 is 1.77 bits per heavy atom. The third-order valence-corrected chi connectivity index (χ3v) is 8.71. The number of hydrogen-bond acceptors (Lipinski definition) is 5. The van der Waals surface area contributed by atoms with Crippen molar-refractivity contribution < 1.29 is 23.5 Å². The number of esters is 2. The summed E-state index contributed by atoms with van der Waals surface area (Å²) in [6, 6.07) is 0. The van der Waals surface area contributed by atoms with Crippen molar-refractivity contribution in [2.75, 3.05) is 14.2 Å². The lowest BCUT2D eigenvalue weighted by Gasteiger charge is -2.40. The summed E-state index contributed by atoms with van der Waals surface area (Å²) >= 11 is 0. The first-order valence-electron chi connectivity index (χ1n) is 7.70. The van der Waals surface area contributed by atoms with E-state index in [1.165, 1.54) is 14.2 Å². The third kappa shape index (κ3) is 5.72. The first-order chi connectivity index (χ1) is 9.87. The number of ether oxygens (including phenoxy) is 2. The Labute approximate surface area is 135 Å². The predicted octanol–water partition coefficient (Wildman–Crippen LogP) is 3.39. The van der Waals surface area contributed by atoms with Crippen molar-refractivity contribution in [3.8, 4) is 0 Å². The summed E-state index contributed by atoms with van der Waals surface area (Å²) in [6.07, 6.45) is -0.401. The smallest absolute Gasteiger partial charge is 0.334 e. The van der Waals surface area contributed by atoms with Crippen molar-refractivity contribution >= 4 is 20.3 Å². The Hall–Kier alpha value is -0.883. The minimum absolute atomic E-state index is 0.0717. The van der Waals surface area contributed by atoms with Crippen LogP contribution >= 0.6 is 0 Å². The second-order valence-corrected chi connectivity index (χ2v) is 12.3. The molecule has 5 nitrogen and oxygen atoms in total. The molecule has 0 rings (SSSR count). The number of hydrogen-bond donors (Lipinski definition) is 0. The van der Waals surface area contributed by atoms with Crippen LogP contribution in [0.2, 0.25) is 18.1 Å². The van der Waals surface area contributed by atoms with E-state index in [0.717, 1.165) is 0 Å². The lowest BCUT2D eigenvalue weighted by molar-refractivity contribution is -0.163. The topological polar surface area (TPSA) is 61.8 Å². The predicted molar refractivity (Wildman–Crippen MR) is 89.0 cm³/mol. The number of carbonyl (C=O) groups is 2. The normalized spacial score (nSPS) is 15.4. The molecule has 0 unspecified atom stereocenters. The lowest BCUT2D eigenvalue weighted by atomic mass is 9.92. The van der Waals surface area contributed by atoms with Gasteiger partial charge in [0.1, 0.15) is 0 Å². The number of carbonyl (C=O) groups excluding carboxylic acids is 2. The Kier molecular flexibility index (Phi) is 7.78. The minimum atomic E-state index is -2.23. The van der Waals surface area contributed by atoms with E-state index < -0.39 is 32.3 Å². The van der Waals surface area contributed by atoms with E-state index in [4.69, 9.17) is 13.9 Å². The standard InChI is InChI=1S/C16H32O5Si/c1-11(2)10-12(14(17)19-6)13(15(18)20-7)21-22(8,9)16(3,4)5/h11-13H,10H2,1-9H3/t12-,13-/m1/s1. The van der Waals surface area contributed by atoms with Crippen molar-refractivity contribution in [3.63, 3.8) is 0 Å². The fourth-order valence-corrected chi connectivity index (χ4v) is 3.16. The highest BCUT2D eigenvalue weighted by molar-refractivity contribution is 6.74. The molecule has 0 bridgehead atoms. The van der Waals surface area contributed by atoms with Crippen LogP contribution in [0.5, 0.6) is 0 Å². The van der Waals surface area contributed by atoms with Crippen LogP contribution in [0.4, 0.5) is 0 Å². The zero-order chi connectivity index (χ0) is 17.7. The lowest BCUT2D eigenvalue weighted by Crippen LogP contribution is -2.50. The largest absolute Gasteiger partial charge is 0.469 e. The zero-order valence-electron chi connectivity index (χ0n) is 15.5. The van der Waals surface area contributed by atoms with Crippen LogP contribution in [-0.2, 0) is 23.5 Å². The minimum Gasteiger partial charge on any atom is -0.469 e. The van der Waals surface area contributed by atoms with Crippen molar-refractivity contribution in [2.45, 2.75) is 65.3 Å². The van der Waals surface area contributed by atoms with Gasteiger partial charge in [0, 0.05) is 0 Å². The quantitative estimate of drug-likeness (QED) is 0.528. The summed E-state index contributed by atoms with van der Waals surface area (Å²) < 4.78 is 16.0. The zero-order valence-corrected chi connectivity index (χ0v) is 16.5. The van der Waals surface area contributed by atoms with Crippen LogP contribution in [0.25, 0.3) is 0 Å². The molecule has 0 radical (unpaired) electrons. The first kappa shape index (κ1) is 21.1. The van der Waals surface area contributed by atoms with Crippen molar-refractivity contribution in [3.05, 3.63) is 0 Å². The van der Waals surface area contributed by atoms with Gasteiger partial charge in [0.15, 0.2) is 14.4 Å². The van der Waals surface area contributed by atoms with Gasteiger partial charge in [-0.25, -0.2) is 4.79 Å². The van der Waals surface area contributed by atoms with Crippen LogP contribution in [0.15, 0.2) is 0 Å². The van der Waals surface area contributed by atoms with Crippen LogP contribution in [0.1, 0.15) is 41.0 Å². The summed E-state index contributed by atoms with van der Waals surface area (Å²) in [7, 11) is 0.415. The Morgan fingerprint density at radius 1 is 1.00 bits per heavy atom. The average Bonchev–Trinajstić information content (AvgIpc) is 2.39. The van der Waals surface area contributed by atoms with Gasteiger partial charge >= 0.3 is 11.9 Å². The highest BCUT2D eigenvalue weighted by Gasteiger charge is 2.45. The second-order valence-electron chi connectivity index (χ2n) is 7.58. The van der Waals surface area contributed by atoms with E-state index in [0.29, 0.717) is 6.42 Å². The molecule has 0 aliphatic heterocycles. The summed E-state index contributed by atoms with van der Waals surface area (Å²) in [4.78, 5) is 24.4. The van der Waals surface area contributed by atoms with Crippen LogP contribution in [-0.4, -0.2) is 40.6 Å². The molecule has 22 heavy (non-hydrogen) atoms. The molecule has 0 spiro atoms.